The van der Waals surface area contributed by atoms with Crippen molar-refractivity contribution in [2.24, 2.45) is 5.41 Å². The summed E-state index contributed by atoms with van der Waals surface area (Å²) >= 11 is 0. The number of benzene rings is 2. The molecule has 3 atom stereocenters. The maximum atomic E-state index is 13.8. The summed E-state index contributed by atoms with van der Waals surface area (Å²) in [6, 6.07) is 15.7. The van der Waals surface area contributed by atoms with E-state index in [1.54, 1.807) is 6.07 Å². The number of halogens is 3. The Kier molecular flexibility index (Phi) is 7.43. The summed E-state index contributed by atoms with van der Waals surface area (Å²) in [6.45, 7) is 9.91. The number of likely N-dealkylation sites (tertiary alicyclic amines) is 1. The minimum absolute atomic E-state index is 0.113. The summed E-state index contributed by atoms with van der Waals surface area (Å²) in [7, 11) is 0. The maximum Gasteiger partial charge on any atom is 0.416 e. The number of alkyl halides is 3. The second-order valence-corrected chi connectivity index (χ2v) is 13.9. The third kappa shape index (κ3) is 5.36. The first-order valence-corrected chi connectivity index (χ1v) is 15.5. The number of hydrogen-bond acceptors (Lipinski definition) is 3. The van der Waals surface area contributed by atoms with Gasteiger partial charge in [-0.25, -0.2) is 4.98 Å². The van der Waals surface area contributed by atoms with Crippen molar-refractivity contribution >= 4 is 16.9 Å². The normalized spacial score (nSPS) is 24.8. The maximum absolute atomic E-state index is 13.8. The van der Waals surface area contributed by atoms with Crippen LogP contribution in [-0.4, -0.2) is 57.0 Å². The van der Waals surface area contributed by atoms with E-state index in [4.69, 9.17) is 4.98 Å². The summed E-state index contributed by atoms with van der Waals surface area (Å²) in [5.41, 5.74) is 1.57. The quantitative estimate of drug-likeness (QED) is 0.313. The van der Waals surface area contributed by atoms with Gasteiger partial charge in [0.2, 0.25) is 5.91 Å². The van der Waals surface area contributed by atoms with Gasteiger partial charge in [-0.05, 0) is 87.6 Å². The highest BCUT2D eigenvalue weighted by Crippen LogP contribution is 2.46. The summed E-state index contributed by atoms with van der Waals surface area (Å²) < 4.78 is 43.7. The van der Waals surface area contributed by atoms with Crippen molar-refractivity contribution < 1.29 is 18.0 Å². The number of carbonyl (C=O) groups is 1. The Morgan fingerprint density at radius 2 is 1.62 bits per heavy atom. The largest absolute Gasteiger partial charge is 0.416 e. The monoisotopic (exact) mass is 580 g/mol. The molecule has 3 aliphatic heterocycles. The number of amides is 1. The molecule has 0 spiro atoms. The van der Waals surface area contributed by atoms with Gasteiger partial charge in [0, 0.05) is 36.6 Å². The molecule has 4 heterocycles. The van der Waals surface area contributed by atoms with Crippen molar-refractivity contribution in [2.75, 3.05) is 19.6 Å². The van der Waals surface area contributed by atoms with E-state index in [2.05, 4.69) is 34.6 Å². The van der Waals surface area contributed by atoms with Gasteiger partial charge >= 0.3 is 6.18 Å². The predicted molar refractivity (Wildman–Crippen MR) is 159 cm³/mol. The molecule has 3 aliphatic rings. The molecule has 1 unspecified atom stereocenters. The van der Waals surface area contributed by atoms with Crippen LogP contribution in [-0.2, 0) is 16.4 Å². The molecule has 2 bridgehead atoms. The van der Waals surface area contributed by atoms with E-state index in [1.165, 1.54) is 17.6 Å². The first-order valence-electron chi connectivity index (χ1n) is 15.5. The number of fused-ring (bicyclic) bond motifs is 3. The van der Waals surface area contributed by atoms with Gasteiger partial charge in [0.15, 0.2) is 0 Å². The smallest absolute Gasteiger partial charge is 0.342 e. The molecule has 3 fully saturated rings. The molecule has 8 heteroatoms. The van der Waals surface area contributed by atoms with Gasteiger partial charge in [0.05, 0.1) is 16.6 Å². The molecule has 0 saturated carbocycles. The topological polar surface area (TPSA) is 41.4 Å². The number of piperidine rings is 2. The van der Waals surface area contributed by atoms with Crippen LogP contribution in [0.1, 0.15) is 88.7 Å². The SMILES string of the molecule is Cc1nc2ccccc2n1C1C[C@H]2CC[C@@H](C1)N2CCC1(c2cccc(C(F)(F)F)c2)CCN(C(=O)C(C)(C)C)CC1. The molecule has 3 saturated heterocycles. The van der Waals surface area contributed by atoms with Crippen LogP contribution in [0, 0.1) is 12.3 Å². The zero-order chi connectivity index (χ0) is 29.9. The van der Waals surface area contributed by atoms with Gasteiger partial charge in [-0.3, -0.25) is 9.69 Å². The minimum atomic E-state index is -4.38. The van der Waals surface area contributed by atoms with Crippen LogP contribution in [0.5, 0.6) is 0 Å². The summed E-state index contributed by atoms with van der Waals surface area (Å²) in [5, 5.41) is 0. The first-order chi connectivity index (χ1) is 19.9. The standard InChI is InChI=1S/C34H43F3N4O/c1-23-38-29-10-5-6-11-30(29)41(23)28-21-26-12-13-27(22-28)40(26)19-16-33(24-8-7-9-25(20-24)34(35,36)37)14-17-39(18-15-33)31(42)32(2,3)4/h5-11,20,26-28H,12-19,21-22H2,1-4H3/t26-,27+,28?. The zero-order valence-electron chi connectivity index (χ0n) is 25.3. The van der Waals surface area contributed by atoms with Crippen LogP contribution < -0.4 is 0 Å². The van der Waals surface area contributed by atoms with Crippen molar-refractivity contribution in [2.45, 2.75) is 102 Å². The Morgan fingerprint density at radius 3 is 2.26 bits per heavy atom. The van der Waals surface area contributed by atoms with Gasteiger partial charge in [-0.1, -0.05) is 51.1 Å². The Balaban J connectivity index is 1.22. The van der Waals surface area contributed by atoms with Crippen LogP contribution in [0.2, 0.25) is 0 Å². The molecule has 5 nitrogen and oxygen atoms in total. The van der Waals surface area contributed by atoms with Gasteiger partial charge in [0.1, 0.15) is 5.82 Å². The van der Waals surface area contributed by atoms with E-state index >= 15 is 0 Å². The number of imidazole rings is 1. The van der Waals surface area contributed by atoms with Gasteiger partial charge in [0.25, 0.3) is 0 Å². The number of para-hydroxylation sites is 2. The number of rotatable bonds is 5. The third-order valence-electron chi connectivity index (χ3n) is 10.3. The van der Waals surface area contributed by atoms with Crippen molar-refractivity contribution in [3.8, 4) is 0 Å². The summed E-state index contributed by atoms with van der Waals surface area (Å²) in [4.78, 5) is 22.4. The number of aryl methyl sites for hydroxylation is 1. The Labute approximate surface area is 247 Å². The van der Waals surface area contributed by atoms with Crippen LogP contribution >= 0.6 is 0 Å². The van der Waals surface area contributed by atoms with Crippen LogP contribution in [0.3, 0.4) is 0 Å². The molecule has 0 radical (unpaired) electrons. The van der Waals surface area contributed by atoms with E-state index in [0.29, 0.717) is 44.1 Å². The van der Waals surface area contributed by atoms with Crippen LogP contribution in [0.4, 0.5) is 13.2 Å². The molecular weight excluding hydrogens is 537 g/mol. The van der Waals surface area contributed by atoms with E-state index in [1.807, 2.05) is 37.8 Å². The average molecular weight is 581 g/mol. The Bertz CT molecular complexity index is 1430. The zero-order valence-corrected chi connectivity index (χ0v) is 25.3. The number of carbonyl (C=O) groups excluding carboxylic acids is 1. The minimum Gasteiger partial charge on any atom is -0.342 e. The average Bonchev–Trinajstić information content (AvgIpc) is 3.41. The lowest BCUT2D eigenvalue weighted by Crippen LogP contribution is -2.50. The highest BCUT2D eigenvalue weighted by atomic mass is 19.4. The fraction of sp³-hybridized carbons (Fsp3) is 0.588. The molecule has 6 rings (SSSR count). The number of aromatic nitrogens is 2. The Hall–Kier alpha value is -2.87. The first kappa shape index (κ1) is 29.2. The lowest BCUT2D eigenvalue weighted by atomic mass is 9.69. The fourth-order valence-corrected chi connectivity index (χ4v) is 8.11. The molecule has 3 aromatic rings. The van der Waals surface area contributed by atoms with Crippen molar-refractivity contribution in [1.82, 2.24) is 19.4 Å². The molecule has 1 amide bonds. The highest BCUT2D eigenvalue weighted by Gasteiger charge is 2.45. The summed E-state index contributed by atoms with van der Waals surface area (Å²) in [6.07, 6.45) is 2.26. The Morgan fingerprint density at radius 1 is 0.952 bits per heavy atom. The second kappa shape index (κ2) is 10.7. The number of nitrogens with zero attached hydrogens (tertiary/aromatic N) is 4. The fourth-order valence-electron chi connectivity index (χ4n) is 8.11. The van der Waals surface area contributed by atoms with E-state index in [9.17, 15) is 18.0 Å². The molecular formula is C34H43F3N4O. The van der Waals surface area contributed by atoms with E-state index in [0.717, 1.165) is 55.6 Å². The molecule has 42 heavy (non-hydrogen) atoms. The molecule has 0 N–H and O–H groups in total. The van der Waals surface area contributed by atoms with Crippen LogP contribution in [0.25, 0.3) is 11.0 Å². The highest BCUT2D eigenvalue weighted by molar-refractivity contribution is 5.81. The van der Waals surface area contributed by atoms with Crippen molar-refractivity contribution in [3.05, 3.63) is 65.5 Å². The summed E-state index contributed by atoms with van der Waals surface area (Å²) in [5.74, 6) is 1.18. The molecule has 1 aromatic heterocycles. The molecule has 0 aliphatic carbocycles. The van der Waals surface area contributed by atoms with Gasteiger partial charge in [-0.15, -0.1) is 0 Å². The molecule has 226 valence electrons. The van der Waals surface area contributed by atoms with E-state index < -0.39 is 17.2 Å². The predicted octanol–water partition coefficient (Wildman–Crippen LogP) is 7.53. The van der Waals surface area contributed by atoms with Crippen LogP contribution in [0.15, 0.2) is 48.5 Å². The van der Waals surface area contributed by atoms with Crippen molar-refractivity contribution in [1.29, 1.82) is 0 Å². The van der Waals surface area contributed by atoms with E-state index in [-0.39, 0.29) is 11.3 Å². The third-order valence-corrected chi connectivity index (χ3v) is 10.3. The van der Waals surface area contributed by atoms with Crippen molar-refractivity contribution in [3.63, 3.8) is 0 Å². The van der Waals surface area contributed by atoms with Gasteiger partial charge in [-0.2, -0.15) is 13.2 Å². The number of hydrogen-bond donors (Lipinski definition) is 0. The second-order valence-electron chi connectivity index (χ2n) is 13.9. The van der Waals surface area contributed by atoms with Gasteiger partial charge < -0.3 is 9.47 Å². The lowest BCUT2D eigenvalue weighted by molar-refractivity contribution is -0.141. The lowest BCUT2D eigenvalue weighted by Gasteiger charge is -2.46. The molecule has 2 aromatic carbocycles.